The predicted octanol–water partition coefficient (Wildman–Crippen LogP) is 0.749. The highest BCUT2D eigenvalue weighted by molar-refractivity contribution is 5.76. The molecule has 1 fully saturated rings. The summed E-state index contributed by atoms with van der Waals surface area (Å²) < 4.78 is 10.4. The molecule has 0 aromatic rings. The van der Waals surface area contributed by atoms with Gasteiger partial charge in [0.05, 0.1) is 0 Å². The number of nitrogens with two attached hydrogens (primary N) is 1. The predicted molar refractivity (Wildman–Crippen MR) is 61.0 cm³/mol. The van der Waals surface area contributed by atoms with E-state index in [1.807, 2.05) is 0 Å². The van der Waals surface area contributed by atoms with Crippen LogP contribution in [0.25, 0.3) is 0 Å². The zero-order valence-electron chi connectivity index (χ0n) is 10.5. The van der Waals surface area contributed by atoms with Crippen LogP contribution in [0.5, 0.6) is 0 Å². The van der Waals surface area contributed by atoms with Crippen molar-refractivity contribution in [3.8, 4) is 0 Å². The maximum absolute atomic E-state index is 11.5. The minimum atomic E-state index is -0.554. The molecule has 17 heavy (non-hydrogen) atoms. The van der Waals surface area contributed by atoms with Crippen molar-refractivity contribution in [1.29, 1.82) is 0 Å². The van der Waals surface area contributed by atoms with Gasteiger partial charge < -0.3 is 15.2 Å². The van der Waals surface area contributed by atoms with E-state index in [2.05, 4.69) is 5.32 Å². The monoisotopic (exact) mass is 244 g/mol. The van der Waals surface area contributed by atoms with Gasteiger partial charge in [-0.25, -0.2) is 4.79 Å². The molecule has 0 aromatic heterocycles. The number of rotatable bonds is 2. The van der Waals surface area contributed by atoms with E-state index in [4.69, 9.17) is 15.2 Å². The summed E-state index contributed by atoms with van der Waals surface area (Å²) in [6.07, 6.45) is -0.0557. The van der Waals surface area contributed by atoms with E-state index in [1.54, 1.807) is 20.8 Å². The second kappa shape index (κ2) is 5.35. The Labute approximate surface area is 101 Å². The smallest absolute Gasteiger partial charge is 0.409 e. The van der Waals surface area contributed by atoms with Crippen LogP contribution in [0, 0.1) is 5.92 Å². The Morgan fingerprint density at radius 1 is 1.41 bits per heavy atom. The molecule has 0 radical (unpaired) electrons. The molecule has 1 aliphatic rings. The molecule has 1 heterocycles. The molecule has 6 nitrogen and oxygen atoms in total. The summed E-state index contributed by atoms with van der Waals surface area (Å²) in [4.78, 5) is 22.5. The van der Waals surface area contributed by atoms with Crippen LogP contribution in [0.3, 0.4) is 0 Å². The first-order valence-electron chi connectivity index (χ1n) is 5.68. The molecule has 6 heteroatoms. The van der Waals surface area contributed by atoms with Gasteiger partial charge in [-0.05, 0) is 27.2 Å². The lowest BCUT2D eigenvalue weighted by Crippen LogP contribution is -2.45. The number of carbonyl (C=O) groups excluding carboxylic acids is 2. The summed E-state index contributed by atoms with van der Waals surface area (Å²) in [7, 11) is 0. The third-order valence-electron chi connectivity index (χ3n) is 2.36. The van der Waals surface area contributed by atoms with Crippen molar-refractivity contribution < 1.29 is 19.1 Å². The first-order chi connectivity index (χ1) is 7.78. The second-order valence-corrected chi connectivity index (χ2v) is 5.13. The van der Waals surface area contributed by atoms with E-state index in [-0.39, 0.29) is 11.8 Å². The number of hydrogen-bond acceptors (Lipinski definition) is 4. The summed E-state index contributed by atoms with van der Waals surface area (Å²) in [6, 6.07) is 0. The van der Waals surface area contributed by atoms with Gasteiger partial charge in [-0.1, -0.05) is 0 Å². The van der Waals surface area contributed by atoms with Crippen LogP contribution in [0.2, 0.25) is 0 Å². The fraction of sp³-hybridized carbons (Fsp3) is 0.818. The SMILES string of the molecule is CC(C)(C)OC(=O)NC1CC(C(N)=O)CCO1. The van der Waals surface area contributed by atoms with Gasteiger partial charge in [0.2, 0.25) is 5.91 Å². The molecular formula is C11H20N2O4. The normalized spacial score (nSPS) is 25.1. The minimum Gasteiger partial charge on any atom is -0.444 e. The summed E-state index contributed by atoms with van der Waals surface area (Å²) >= 11 is 0. The lowest BCUT2D eigenvalue weighted by molar-refractivity contribution is -0.127. The van der Waals surface area contributed by atoms with Gasteiger partial charge in [0, 0.05) is 18.9 Å². The highest BCUT2D eigenvalue weighted by Gasteiger charge is 2.28. The highest BCUT2D eigenvalue weighted by atomic mass is 16.6. The first-order valence-corrected chi connectivity index (χ1v) is 5.68. The Bertz CT molecular complexity index is 298. The molecule has 0 aliphatic carbocycles. The Hall–Kier alpha value is -1.30. The topological polar surface area (TPSA) is 90.6 Å². The van der Waals surface area contributed by atoms with E-state index in [0.717, 1.165) is 0 Å². The van der Waals surface area contributed by atoms with Crippen LogP contribution in [-0.2, 0) is 14.3 Å². The number of alkyl carbamates (subject to hydrolysis) is 1. The second-order valence-electron chi connectivity index (χ2n) is 5.13. The quantitative estimate of drug-likeness (QED) is 0.750. The van der Waals surface area contributed by atoms with Crippen LogP contribution >= 0.6 is 0 Å². The number of ether oxygens (including phenoxy) is 2. The maximum Gasteiger partial charge on any atom is 0.409 e. The lowest BCUT2D eigenvalue weighted by atomic mass is 9.98. The lowest BCUT2D eigenvalue weighted by Gasteiger charge is -2.29. The average Bonchev–Trinajstić information content (AvgIpc) is 2.14. The van der Waals surface area contributed by atoms with Crippen molar-refractivity contribution in [2.45, 2.75) is 45.4 Å². The molecule has 0 bridgehead atoms. The Morgan fingerprint density at radius 3 is 2.59 bits per heavy atom. The third kappa shape index (κ3) is 5.04. The van der Waals surface area contributed by atoms with Crippen molar-refractivity contribution in [1.82, 2.24) is 5.32 Å². The molecule has 2 atom stereocenters. The Morgan fingerprint density at radius 2 is 2.06 bits per heavy atom. The molecule has 0 spiro atoms. The minimum absolute atomic E-state index is 0.247. The van der Waals surface area contributed by atoms with Crippen LogP contribution in [0.4, 0.5) is 4.79 Å². The number of carbonyl (C=O) groups is 2. The van der Waals surface area contributed by atoms with Crippen LogP contribution < -0.4 is 11.1 Å². The van der Waals surface area contributed by atoms with Crippen molar-refractivity contribution in [3.05, 3.63) is 0 Å². The molecule has 0 saturated carbocycles. The maximum atomic E-state index is 11.5. The molecule has 2 amide bonds. The molecule has 3 N–H and O–H groups in total. The standard InChI is InChI=1S/C11H20N2O4/c1-11(2,3)17-10(15)13-8-6-7(9(12)14)4-5-16-8/h7-8H,4-6H2,1-3H3,(H2,12,14)(H,13,15). The van der Waals surface area contributed by atoms with Crippen molar-refractivity contribution in [2.24, 2.45) is 11.7 Å². The summed E-state index contributed by atoms with van der Waals surface area (Å²) in [6.45, 7) is 5.75. The molecule has 1 saturated heterocycles. The van der Waals surface area contributed by atoms with Crippen LogP contribution in [0.1, 0.15) is 33.6 Å². The van der Waals surface area contributed by atoms with Gasteiger partial charge in [-0.15, -0.1) is 0 Å². The Balaban J connectivity index is 2.41. The molecule has 98 valence electrons. The average molecular weight is 244 g/mol. The van der Waals surface area contributed by atoms with Gasteiger partial charge >= 0.3 is 6.09 Å². The Kier molecular flexibility index (Phi) is 4.34. The van der Waals surface area contributed by atoms with Gasteiger partial charge in [0.25, 0.3) is 0 Å². The zero-order chi connectivity index (χ0) is 13.1. The highest BCUT2D eigenvalue weighted by Crippen LogP contribution is 2.18. The largest absolute Gasteiger partial charge is 0.444 e. The van der Waals surface area contributed by atoms with Crippen LogP contribution in [0.15, 0.2) is 0 Å². The molecule has 0 aromatic carbocycles. The van der Waals surface area contributed by atoms with E-state index in [9.17, 15) is 9.59 Å². The fourth-order valence-electron chi connectivity index (χ4n) is 1.59. The molecule has 1 rings (SSSR count). The summed E-state index contributed by atoms with van der Waals surface area (Å²) in [5.41, 5.74) is 4.67. The van der Waals surface area contributed by atoms with E-state index >= 15 is 0 Å². The van der Waals surface area contributed by atoms with Gasteiger partial charge in [-0.2, -0.15) is 0 Å². The fourth-order valence-corrected chi connectivity index (χ4v) is 1.59. The zero-order valence-corrected chi connectivity index (χ0v) is 10.5. The van der Waals surface area contributed by atoms with E-state index < -0.39 is 17.9 Å². The number of nitrogens with one attached hydrogen (secondary N) is 1. The van der Waals surface area contributed by atoms with Crippen molar-refractivity contribution in [3.63, 3.8) is 0 Å². The third-order valence-corrected chi connectivity index (χ3v) is 2.36. The summed E-state index contributed by atoms with van der Waals surface area (Å²) in [5, 5.41) is 2.57. The van der Waals surface area contributed by atoms with Crippen LogP contribution in [-0.4, -0.2) is 30.4 Å². The number of hydrogen-bond donors (Lipinski definition) is 2. The van der Waals surface area contributed by atoms with Gasteiger partial charge in [0.1, 0.15) is 11.8 Å². The van der Waals surface area contributed by atoms with Crippen molar-refractivity contribution >= 4 is 12.0 Å². The molecular weight excluding hydrogens is 224 g/mol. The molecule has 1 aliphatic heterocycles. The van der Waals surface area contributed by atoms with Crippen molar-refractivity contribution in [2.75, 3.05) is 6.61 Å². The number of amides is 2. The first kappa shape index (κ1) is 13.8. The number of primary amides is 1. The van der Waals surface area contributed by atoms with Gasteiger partial charge in [-0.3, -0.25) is 10.1 Å². The van der Waals surface area contributed by atoms with E-state index in [1.165, 1.54) is 0 Å². The molecule has 2 unspecified atom stereocenters. The van der Waals surface area contributed by atoms with E-state index in [0.29, 0.717) is 19.4 Å². The summed E-state index contributed by atoms with van der Waals surface area (Å²) in [5.74, 6) is -0.604. The van der Waals surface area contributed by atoms with Gasteiger partial charge in [0.15, 0.2) is 0 Å².